The molecule has 1 rings (SSSR count). The van der Waals surface area contributed by atoms with Gasteiger partial charge in [-0.3, -0.25) is 4.98 Å². The van der Waals surface area contributed by atoms with Crippen molar-refractivity contribution in [2.75, 3.05) is 20.3 Å². The average molecular weight is 273 g/mol. The molecule has 0 saturated carbocycles. The third kappa shape index (κ3) is 3.89. The highest BCUT2D eigenvalue weighted by Crippen LogP contribution is 2.20. The lowest BCUT2D eigenvalue weighted by Crippen LogP contribution is -2.23. The summed E-state index contributed by atoms with van der Waals surface area (Å²) in [5, 5.41) is 3.20. The molecule has 0 amide bonds. The van der Waals surface area contributed by atoms with Gasteiger partial charge in [-0.1, -0.05) is 6.92 Å². The van der Waals surface area contributed by atoms with E-state index in [0.29, 0.717) is 6.61 Å². The second kappa shape index (κ2) is 6.93. The summed E-state index contributed by atoms with van der Waals surface area (Å²) in [6, 6.07) is 4.05. The first-order chi connectivity index (χ1) is 7.29. The fraction of sp³-hybridized carbons (Fsp3) is 0.545. The summed E-state index contributed by atoms with van der Waals surface area (Å²) in [6.45, 7) is 3.55. The first-order valence-electron chi connectivity index (χ1n) is 5.15. The summed E-state index contributed by atoms with van der Waals surface area (Å²) >= 11 is 3.49. The highest BCUT2D eigenvalue weighted by atomic mass is 79.9. The second-order valence-electron chi connectivity index (χ2n) is 3.29. The Morgan fingerprint density at radius 1 is 1.60 bits per heavy atom. The summed E-state index contributed by atoms with van der Waals surface area (Å²) in [5.41, 5.74) is 0.996. The van der Waals surface area contributed by atoms with Gasteiger partial charge in [0.05, 0.1) is 18.3 Å². The molecule has 1 unspecified atom stereocenters. The highest BCUT2D eigenvalue weighted by molar-refractivity contribution is 9.10. The van der Waals surface area contributed by atoms with Gasteiger partial charge in [0, 0.05) is 17.3 Å². The van der Waals surface area contributed by atoms with E-state index >= 15 is 0 Å². The van der Waals surface area contributed by atoms with Gasteiger partial charge in [-0.25, -0.2) is 0 Å². The lowest BCUT2D eigenvalue weighted by Gasteiger charge is -2.16. The maximum atomic E-state index is 5.52. The first-order valence-corrected chi connectivity index (χ1v) is 5.94. The van der Waals surface area contributed by atoms with Crippen LogP contribution in [0, 0.1) is 0 Å². The van der Waals surface area contributed by atoms with Gasteiger partial charge in [0.1, 0.15) is 0 Å². The van der Waals surface area contributed by atoms with E-state index in [1.165, 1.54) is 0 Å². The third-order valence-electron chi connectivity index (χ3n) is 2.10. The van der Waals surface area contributed by atoms with E-state index in [0.717, 1.165) is 23.2 Å². The lowest BCUT2D eigenvalue weighted by atomic mass is 10.2. The minimum absolute atomic E-state index is 0.145. The average Bonchev–Trinajstić information content (AvgIpc) is 2.26. The molecule has 0 aromatic carbocycles. The molecule has 15 heavy (non-hydrogen) atoms. The van der Waals surface area contributed by atoms with Crippen molar-refractivity contribution in [2.24, 2.45) is 0 Å². The van der Waals surface area contributed by atoms with Crippen LogP contribution in [0.1, 0.15) is 25.1 Å². The predicted octanol–water partition coefficient (Wildman–Crippen LogP) is 2.53. The van der Waals surface area contributed by atoms with E-state index in [9.17, 15) is 0 Å². The molecule has 0 saturated heterocycles. The molecule has 84 valence electrons. The number of nitrogens with zero attached hydrogens (tertiary/aromatic N) is 1. The number of aromatic nitrogens is 1. The van der Waals surface area contributed by atoms with Crippen LogP contribution in [0.3, 0.4) is 0 Å². The summed E-state index contributed by atoms with van der Waals surface area (Å²) < 4.78 is 6.54. The van der Waals surface area contributed by atoms with Gasteiger partial charge < -0.3 is 10.1 Å². The summed E-state index contributed by atoms with van der Waals surface area (Å²) in [6.07, 6.45) is 2.84. The van der Waals surface area contributed by atoms with Crippen LogP contribution < -0.4 is 5.32 Å². The zero-order valence-corrected chi connectivity index (χ0v) is 10.8. The fourth-order valence-electron chi connectivity index (χ4n) is 1.30. The van der Waals surface area contributed by atoms with Gasteiger partial charge in [-0.15, -0.1) is 0 Å². The zero-order chi connectivity index (χ0) is 11.1. The summed E-state index contributed by atoms with van der Waals surface area (Å²) in [4.78, 5) is 4.34. The van der Waals surface area contributed by atoms with Crippen LogP contribution in [0.15, 0.2) is 22.8 Å². The van der Waals surface area contributed by atoms with Gasteiger partial charge in [0.25, 0.3) is 0 Å². The molecule has 1 atom stereocenters. The molecule has 1 aromatic heterocycles. The second-order valence-corrected chi connectivity index (χ2v) is 4.14. The first kappa shape index (κ1) is 12.6. The molecule has 4 heteroatoms. The van der Waals surface area contributed by atoms with E-state index in [-0.39, 0.29) is 6.04 Å². The van der Waals surface area contributed by atoms with Crippen molar-refractivity contribution in [2.45, 2.75) is 19.4 Å². The Kier molecular flexibility index (Phi) is 5.83. The molecule has 0 bridgehead atoms. The number of pyridine rings is 1. The number of likely N-dealkylation sites (N-methyl/N-ethyl adjacent to an activating group) is 1. The molecule has 0 fully saturated rings. The monoisotopic (exact) mass is 272 g/mol. The molecule has 0 radical (unpaired) electrons. The van der Waals surface area contributed by atoms with Crippen molar-refractivity contribution in [3.8, 4) is 0 Å². The van der Waals surface area contributed by atoms with Gasteiger partial charge >= 0.3 is 0 Å². The van der Waals surface area contributed by atoms with E-state index in [1.54, 1.807) is 6.20 Å². The third-order valence-corrected chi connectivity index (χ3v) is 2.77. The smallest absolute Gasteiger partial charge is 0.0741 e. The molecule has 0 aliphatic rings. The maximum Gasteiger partial charge on any atom is 0.0741 e. The normalized spacial score (nSPS) is 12.7. The molecule has 0 aliphatic heterocycles. The molecule has 1 N–H and O–H groups in total. The van der Waals surface area contributed by atoms with Crippen LogP contribution in [0.4, 0.5) is 0 Å². The molecular formula is C11H17BrN2O. The van der Waals surface area contributed by atoms with Crippen LogP contribution in [0.25, 0.3) is 0 Å². The predicted molar refractivity (Wildman–Crippen MR) is 64.8 cm³/mol. The molecule has 1 heterocycles. The summed E-state index contributed by atoms with van der Waals surface area (Å²) in [7, 11) is 1.92. The van der Waals surface area contributed by atoms with E-state index in [2.05, 4.69) is 33.2 Å². The van der Waals surface area contributed by atoms with E-state index < -0.39 is 0 Å². The van der Waals surface area contributed by atoms with E-state index in [1.807, 2.05) is 19.2 Å². The number of rotatable bonds is 6. The SMILES string of the molecule is CCCOCC(NC)c1ncccc1Br. The van der Waals surface area contributed by atoms with Crippen molar-refractivity contribution >= 4 is 15.9 Å². The van der Waals surface area contributed by atoms with Crippen LogP contribution in [-0.4, -0.2) is 25.2 Å². The van der Waals surface area contributed by atoms with Crippen LogP contribution in [0.5, 0.6) is 0 Å². The molecule has 1 aromatic rings. The number of nitrogens with one attached hydrogen (secondary N) is 1. The van der Waals surface area contributed by atoms with Gasteiger partial charge in [-0.2, -0.15) is 0 Å². The minimum atomic E-state index is 0.145. The Morgan fingerprint density at radius 3 is 3.00 bits per heavy atom. The van der Waals surface area contributed by atoms with Crippen LogP contribution in [0.2, 0.25) is 0 Å². The van der Waals surface area contributed by atoms with Gasteiger partial charge in [0.2, 0.25) is 0 Å². The number of halogens is 1. The van der Waals surface area contributed by atoms with Crippen LogP contribution in [-0.2, 0) is 4.74 Å². The number of ether oxygens (including phenoxy) is 1. The number of hydrogen-bond acceptors (Lipinski definition) is 3. The minimum Gasteiger partial charge on any atom is -0.379 e. The van der Waals surface area contributed by atoms with Gasteiger partial charge in [0.15, 0.2) is 0 Å². The van der Waals surface area contributed by atoms with Crippen molar-refractivity contribution < 1.29 is 4.74 Å². The molecular weight excluding hydrogens is 256 g/mol. The quantitative estimate of drug-likeness (QED) is 0.809. The Labute approximate surface area is 99.4 Å². The van der Waals surface area contributed by atoms with Crippen molar-refractivity contribution in [3.63, 3.8) is 0 Å². The summed E-state index contributed by atoms with van der Waals surface area (Å²) in [5.74, 6) is 0. The van der Waals surface area contributed by atoms with E-state index in [4.69, 9.17) is 4.74 Å². The Bertz CT molecular complexity index is 294. The topological polar surface area (TPSA) is 34.1 Å². The number of hydrogen-bond donors (Lipinski definition) is 1. The Morgan fingerprint density at radius 2 is 2.40 bits per heavy atom. The molecule has 0 spiro atoms. The van der Waals surface area contributed by atoms with Gasteiger partial charge in [-0.05, 0) is 41.5 Å². The molecule has 0 aliphatic carbocycles. The Balaban J connectivity index is 2.61. The van der Waals surface area contributed by atoms with Crippen LogP contribution >= 0.6 is 15.9 Å². The Hall–Kier alpha value is -0.450. The highest BCUT2D eigenvalue weighted by Gasteiger charge is 2.13. The maximum absolute atomic E-state index is 5.52. The molecule has 3 nitrogen and oxygen atoms in total. The van der Waals surface area contributed by atoms with Crippen molar-refractivity contribution in [1.29, 1.82) is 0 Å². The van der Waals surface area contributed by atoms with Crippen molar-refractivity contribution in [3.05, 3.63) is 28.5 Å². The standard InChI is InChI=1S/C11H17BrN2O/c1-3-7-15-8-10(13-2)11-9(12)5-4-6-14-11/h4-6,10,13H,3,7-8H2,1-2H3. The fourth-order valence-corrected chi connectivity index (χ4v) is 1.83. The lowest BCUT2D eigenvalue weighted by molar-refractivity contribution is 0.113. The zero-order valence-electron chi connectivity index (χ0n) is 9.16. The largest absolute Gasteiger partial charge is 0.379 e. The van der Waals surface area contributed by atoms with Crippen molar-refractivity contribution in [1.82, 2.24) is 10.3 Å².